The van der Waals surface area contributed by atoms with Crippen molar-refractivity contribution in [3.63, 3.8) is 0 Å². The summed E-state index contributed by atoms with van der Waals surface area (Å²) in [4.78, 5) is 0. The predicted octanol–water partition coefficient (Wildman–Crippen LogP) is 4.65. The molecule has 1 unspecified atom stereocenters. The summed E-state index contributed by atoms with van der Waals surface area (Å²) in [6, 6.07) is 5.47. The summed E-state index contributed by atoms with van der Waals surface area (Å²) in [7, 11) is 0. The maximum Gasteiger partial charge on any atom is 0.169 e. The van der Waals surface area contributed by atoms with Gasteiger partial charge in [0.05, 0.1) is 11.1 Å². The van der Waals surface area contributed by atoms with Crippen LogP contribution in [-0.4, -0.2) is 0 Å². The molecule has 0 amide bonds. The molecule has 0 aliphatic rings. The molecule has 0 spiro atoms. The van der Waals surface area contributed by atoms with Gasteiger partial charge in [0.15, 0.2) is 4.67 Å². The molecule has 2 rings (SSSR count). The minimum absolute atomic E-state index is 0.292. The summed E-state index contributed by atoms with van der Waals surface area (Å²) >= 11 is 12.2. The molecule has 6 heteroatoms. The van der Waals surface area contributed by atoms with E-state index in [0.29, 0.717) is 25.5 Å². The second-order valence-electron chi connectivity index (χ2n) is 3.41. The van der Waals surface area contributed by atoms with Gasteiger partial charge < -0.3 is 10.2 Å². The van der Waals surface area contributed by atoms with Crippen LogP contribution in [0.3, 0.4) is 0 Å². The normalized spacial score (nSPS) is 12.8. The molecule has 0 radical (unpaired) electrons. The van der Waals surface area contributed by atoms with Crippen molar-refractivity contribution in [1.29, 1.82) is 0 Å². The zero-order valence-corrected chi connectivity index (χ0v) is 12.3. The fourth-order valence-corrected chi connectivity index (χ4v) is 2.23. The number of halogens is 4. The molecule has 0 fully saturated rings. The highest BCUT2D eigenvalue weighted by molar-refractivity contribution is 9.10. The first kappa shape index (κ1) is 13.1. The van der Waals surface area contributed by atoms with E-state index >= 15 is 0 Å². The van der Waals surface area contributed by atoms with Crippen LogP contribution in [0.5, 0.6) is 0 Å². The van der Waals surface area contributed by atoms with Crippen molar-refractivity contribution in [1.82, 2.24) is 0 Å². The number of hydrogen-bond acceptors (Lipinski definition) is 2. The van der Waals surface area contributed by atoms with E-state index in [9.17, 15) is 4.39 Å². The number of hydrogen-bond donors (Lipinski definition) is 1. The van der Waals surface area contributed by atoms with Crippen molar-refractivity contribution in [2.24, 2.45) is 5.73 Å². The van der Waals surface area contributed by atoms with Gasteiger partial charge in [-0.05, 0) is 56.1 Å². The summed E-state index contributed by atoms with van der Waals surface area (Å²) in [5.74, 6) is 0.0375. The predicted molar refractivity (Wildman–Crippen MR) is 71.5 cm³/mol. The SMILES string of the molecule is NC(c1ccc(Br)o1)c1cc(Cl)c(Br)cc1F. The maximum atomic E-state index is 13.8. The highest BCUT2D eigenvalue weighted by Crippen LogP contribution is 2.31. The standard InChI is InChI=1S/C11H7Br2ClFNO/c12-6-4-8(15)5(3-7(6)14)11(16)9-1-2-10(13)17-9/h1-4,11H,16H2. The molecule has 2 N–H and O–H groups in total. The van der Waals surface area contributed by atoms with Crippen LogP contribution in [0.4, 0.5) is 4.39 Å². The molecule has 0 saturated carbocycles. The highest BCUT2D eigenvalue weighted by Gasteiger charge is 2.18. The largest absolute Gasteiger partial charge is 0.452 e. The Morgan fingerprint density at radius 1 is 1.29 bits per heavy atom. The van der Waals surface area contributed by atoms with Gasteiger partial charge in [-0.3, -0.25) is 0 Å². The third kappa shape index (κ3) is 2.73. The molecule has 1 atom stereocenters. The summed E-state index contributed by atoms with van der Waals surface area (Å²) in [6.45, 7) is 0. The third-order valence-corrected chi connectivity index (χ3v) is 3.90. The number of rotatable bonds is 2. The van der Waals surface area contributed by atoms with Crippen LogP contribution in [0, 0.1) is 5.82 Å². The van der Waals surface area contributed by atoms with Crippen molar-refractivity contribution in [3.05, 3.63) is 55.6 Å². The van der Waals surface area contributed by atoms with Crippen LogP contribution in [0.1, 0.15) is 17.4 Å². The van der Waals surface area contributed by atoms with E-state index in [-0.39, 0.29) is 0 Å². The summed E-state index contributed by atoms with van der Waals surface area (Å²) in [5, 5.41) is 0.405. The minimum atomic E-state index is -0.688. The zero-order chi connectivity index (χ0) is 12.6. The van der Waals surface area contributed by atoms with E-state index in [1.165, 1.54) is 12.1 Å². The molecule has 0 saturated heterocycles. The van der Waals surface area contributed by atoms with Crippen LogP contribution in [0.15, 0.2) is 37.8 Å². The van der Waals surface area contributed by atoms with Crippen LogP contribution in [-0.2, 0) is 0 Å². The van der Waals surface area contributed by atoms with Gasteiger partial charge in [0.2, 0.25) is 0 Å². The van der Waals surface area contributed by atoms with E-state index in [4.69, 9.17) is 21.8 Å². The second-order valence-corrected chi connectivity index (χ2v) is 5.45. The van der Waals surface area contributed by atoms with Crippen molar-refractivity contribution >= 4 is 43.5 Å². The molecule has 90 valence electrons. The molecule has 1 heterocycles. The van der Waals surface area contributed by atoms with Crippen molar-refractivity contribution in [3.8, 4) is 0 Å². The van der Waals surface area contributed by atoms with Gasteiger partial charge in [0.25, 0.3) is 0 Å². The Morgan fingerprint density at radius 3 is 2.59 bits per heavy atom. The Bertz CT molecular complexity index is 558. The van der Waals surface area contributed by atoms with Crippen LogP contribution < -0.4 is 5.73 Å². The fraction of sp³-hybridized carbons (Fsp3) is 0.0909. The molecular formula is C11H7Br2ClFNO. The molecule has 0 aliphatic carbocycles. The zero-order valence-electron chi connectivity index (χ0n) is 8.38. The van der Waals surface area contributed by atoms with Gasteiger partial charge in [-0.2, -0.15) is 0 Å². The Morgan fingerprint density at radius 2 is 2.00 bits per heavy atom. The quantitative estimate of drug-likeness (QED) is 0.767. The first-order chi connectivity index (χ1) is 7.99. The lowest BCUT2D eigenvalue weighted by Crippen LogP contribution is -2.12. The molecular weight excluding hydrogens is 376 g/mol. The van der Waals surface area contributed by atoms with Crippen molar-refractivity contribution < 1.29 is 8.81 Å². The Balaban J connectivity index is 2.43. The van der Waals surface area contributed by atoms with E-state index in [0.717, 1.165) is 0 Å². The smallest absolute Gasteiger partial charge is 0.169 e. The molecule has 0 bridgehead atoms. The highest BCUT2D eigenvalue weighted by atomic mass is 79.9. The number of furan rings is 1. The Kier molecular flexibility index (Phi) is 3.92. The van der Waals surface area contributed by atoms with Gasteiger partial charge in [0, 0.05) is 10.0 Å². The van der Waals surface area contributed by atoms with E-state index in [1.807, 2.05) is 0 Å². The monoisotopic (exact) mass is 381 g/mol. The van der Waals surface area contributed by atoms with Gasteiger partial charge >= 0.3 is 0 Å². The average Bonchev–Trinajstić information content (AvgIpc) is 2.69. The minimum Gasteiger partial charge on any atom is -0.452 e. The molecule has 2 nitrogen and oxygen atoms in total. The van der Waals surface area contributed by atoms with Crippen molar-refractivity contribution in [2.75, 3.05) is 0 Å². The van der Waals surface area contributed by atoms with E-state index in [1.54, 1.807) is 12.1 Å². The summed E-state index contributed by atoms with van der Waals surface area (Å²) in [6.07, 6.45) is 0. The Hall–Kier alpha value is -0.360. The lowest BCUT2D eigenvalue weighted by molar-refractivity contribution is 0.463. The molecule has 1 aromatic carbocycles. The third-order valence-electron chi connectivity index (χ3n) is 2.28. The topological polar surface area (TPSA) is 39.2 Å². The van der Waals surface area contributed by atoms with Gasteiger partial charge in [-0.25, -0.2) is 4.39 Å². The summed E-state index contributed by atoms with van der Waals surface area (Å²) < 4.78 is 20.1. The molecule has 1 aromatic heterocycles. The van der Waals surface area contributed by atoms with Gasteiger partial charge in [-0.15, -0.1) is 0 Å². The van der Waals surface area contributed by atoms with Gasteiger partial charge in [0.1, 0.15) is 11.6 Å². The molecule has 2 aromatic rings. The maximum absolute atomic E-state index is 13.8. The Labute approximate surface area is 119 Å². The number of benzene rings is 1. The van der Waals surface area contributed by atoms with Crippen LogP contribution >= 0.6 is 43.5 Å². The molecule has 17 heavy (non-hydrogen) atoms. The van der Waals surface area contributed by atoms with Crippen LogP contribution in [0.25, 0.3) is 0 Å². The van der Waals surface area contributed by atoms with Crippen molar-refractivity contribution in [2.45, 2.75) is 6.04 Å². The van der Waals surface area contributed by atoms with E-state index < -0.39 is 11.9 Å². The van der Waals surface area contributed by atoms with Gasteiger partial charge in [-0.1, -0.05) is 11.6 Å². The second kappa shape index (κ2) is 5.10. The lowest BCUT2D eigenvalue weighted by atomic mass is 10.1. The average molecular weight is 383 g/mol. The van der Waals surface area contributed by atoms with E-state index in [2.05, 4.69) is 31.9 Å². The van der Waals surface area contributed by atoms with Crippen LogP contribution in [0.2, 0.25) is 5.02 Å². The lowest BCUT2D eigenvalue weighted by Gasteiger charge is -2.11. The first-order valence-corrected chi connectivity index (χ1v) is 6.60. The summed E-state index contributed by atoms with van der Waals surface area (Å²) in [5.41, 5.74) is 6.21. The first-order valence-electron chi connectivity index (χ1n) is 4.64. The fourth-order valence-electron chi connectivity index (χ4n) is 1.42. The number of nitrogens with two attached hydrogens (primary N) is 1. The molecule has 0 aliphatic heterocycles.